The monoisotopic (exact) mass is 301 g/mol. The highest BCUT2D eigenvalue weighted by molar-refractivity contribution is 5.76. The molecule has 1 amide bonds. The van der Waals surface area contributed by atoms with E-state index in [-0.39, 0.29) is 5.91 Å². The smallest absolute Gasteiger partial charge is 0.220 e. The van der Waals surface area contributed by atoms with Crippen LogP contribution in [0.15, 0.2) is 24.0 Å². The van der Waals surface area contributed by atoms with E-state index in [4.69, 9.17) is 0 Å². The molecule has 22 heavy (non-hydrogen) atoms. The molecule has 0 unspecified atom stereocenters. The standard InChI is InChI=1S/C18H27N3O/c1-18(2)15-6-5-14(16(18)10-15)8-9-19-17(22)7-4-13-11-20-21(3)12-13/h5,11-12,15-16H,4,6-10H2,1-3H3,(H,19,22)/t15-,16-/m0/s1. The molecular formula is C18H27N3O. The first-order valence-electron chi connectivity index (χ1n) is 8.40. The molecule has 2 atom stereocenters. The topological polar surface area (TPSA) is 46.9 Å². The van der Waals surface area contributed by atoms with Crippen LogP contribution in [0.25, 0.3) is 0 Å². The Hall–Kier alpha value is -1.58. The number of fused-ring (bicyclic) bond motifs is 1. The SMILES string of the molecule is Cn1cc(CCC(=O)NCCC2=CC[C@H]3C[C@@H]2C3(C)C)cn1. The van der Waals surface area contributed by atoms with Gasteiger partial charge in [-0.1, -0.05) is 25.5 Å². The summed E-state index contributed by atoms with van der Waals surface area (Å²) in [6.45, 7) is 5.56. The first kappa shape index (κ1) is 15.3. The van der Waals surface area contributed by atoms with Crippen LogP contribution in [0.4, 0.5) is 0 Å². The van der Waals surface area contributed by atoms with E-state index in [0.29, 0.717) is 11.8 Å². The van der Waals surface area contributed by atoms with Gasteiger partial charge < -0.3 is 5.32 Å². The molecule has 120 valence electrons. The summed E-state index contributed by atoms with van der Waals surface area (Å²) in [5, 5.41) is 7.19. The fourth-order valence-electron chi connectivity index (χ4n) is 4.05. The summed E-state index contributed by atoms with van der Waals surface area (Å²) in [5.41, 5.74) is 3.17. The predicted octanol–water partition coefficient (Wildman–Crippen LogP) is 2.85. The van der Waals surface area contributed by atoms with Crippen LogP contribution in [-0.4, -0.2) is 22.2 Å². The Bertz CT molecular complexity index is 585. The van der Waals surface area contributed by atoms with E-state index in [9.17, 15) is 4.79 Å². The fraction of sp³-hybridized carbons (Fsp3) is 0.667. The molecule has 4 nitrogen and oxygen atoms in total. The molecule has 0 saturated heterocycles. The zero-order valence-electron chi connectivity index (χ0n) is 13.9. The van der Waals surface area contributed by atoms with E-state index in [0.717, 1.165) is 36.8 Å². The molecule has 2 bridgehead atoms. The number of aromatic nitrogens is 2. The van der Waals surface area contributed by atoms with Crippen LogP contribution < -0.4 is 5.32 Å². The van der Waals surface area contributed by atoms with Gasteiger partial charge in [-0.15, -0.1) is 0 Å². The van der Waals surface area contributed by atoms with Crippen molar-refractivity contribution in [2.24, 2.45) is 24.3 Å². The largest absolute Gasteiger partial charge is 0.356 e. The number of hydrogen-bond donors (Lipinski definition) is 1. The zero-order valence-corrected chi connectivity index (χ0v) is 13.9. The van der Waals surface area contributed by atoms with Gasteiger partial charge in [-0.05, 0) is 48.5 Å². The lowest BCUT2D eigenvalue weighted by atomic mass is 9.48. The van der Waals surface area contributed by atoms with Crippen LogP contribution >= 0.6 is 0 Å². The van der Waals surface area contributed by atoms with Crippen molar-refractivity contribution in [2.75, 3.05) is 6.54 Å². The predicted molar refractivity (Wildman–Crippen MR) is 87.2 cm³/mol. The molecule has 0 aliphatic heterocycles. The summed E-state index contributed by atoms with van der Waals surface area (Å²) < 4.78 is 1.77. The number of aryl methyl sites for hydroxylation is 2. The van der Waals surface area contributed by atoms with Crippen molar-refractivity contribution < 1.29 is 4.79 Å². The van der Waals surface area contributed by atoms with Crippen LogP contribution in [0.1, 0.15) is 45.1 Å². The lowest BCUT2D eigenvalue weighted by molar-refractivity contribution is -0.121. The molecule has 4 rings (SSSR count). The number of rotatable bonds is 6. The minimum absolute atomic E-state index is 0.144. The molecular weight excluding hydrogens is 274 g/mol. The average Bonchev–Trinajstić information content (AvgIpc) is 2.91. The van der Waals surface area contributed by atoms with Crippen molar-refractivity contribution in [1.29, 1.82) is 0 Å². The third-order valence-electron chi connectivity index (χ3n) is 5.72. The maximum Gasteiger partial charge on any atom is 0.220 e. The van der Waals surface area contributed by atoms with Gasteiger partial charge in [0.05, 0.1) is 6.20 Å². The lowest BCUT2D eigenvalue weighted by Gasteiger charge is -2.56. The summed E-state index contributed by atoms with van der Waals surface area (Å²) >= 11 is 0. The highest BCUT2D eigenvalue weighted by Crippen LogP contribution is 2.59. The second-order valence-corrected chi connectivity index (χ2v) is 7.44. The van der Waals surface area contributed by atoms with E-state index >= 15 is 0 Å². The Morgan fingerprint density at radius 2 is 2.27 bits per heavy atom. The minimum Gasteiger partial charge on any atom is -0.356 e. The third-order valence-corrected chi connectivity index (χ3v) is 5.72. The Balaban J connectivity index is 1.38. The summed E-state index contributed by atoms with van der Waals surface area (Å²) in [7, 11) is 1.90. The molecule has 1 saturated carbocycles. The van der Waals surface area contributed by atoms with Crippen molar-refractivity contribution in [2.45, 2.75) is 46.0 Å². The van der Waals surface area contributed by atoms with Gasteiger partial charge in [0.15, 0.2) is 0 Å². The van der Waals surface area contributed by atoms with Gasteiger partial charge in [0, 0.05) is 26.2 Å². The molecule has 0 radical (unpaired) electrons. The highest BCUT2D eigenvalue weighted by Gasteiger charge is 2.50. The van der Waals surface area contributed by atoms with Crippen molar-refractivity contribution >= 4 is 5.91 Å². The van der Waals surface area contributed by atoms with Crippen molar-refractivity contribution in [1.82, 2.24) is 15.1 Å². The van der Waals surface area contributed by atoms with Crippen LogP contribution in [0.5, 0.6) is 0 Å². The molecule has 1 heterocycles. The molecule has 4 heteroatoms. The molecule has 0 spiro atoms. The molecule has 1 fully saturated rings. The van der Waals surface area contributed by atoms with Gasteiger partial charge in [0.1, 0.15) is 0 Å². The minimum atomic E-state index is 0.144. The first-order chi connectivity index (χ1) is 10.5. The van der Waals surface area contributed by atoms with Gasteiger partial charge in [0.2, 0.25) is 5.91 Å². The van der Waals surface area contributed by atoms with Crippen LogP contribution in [0.3, 0.4) is 0 Å². The fourth-order valence-corrected chi connectivity index (χ4v) is 4.05. The van der Waals surface area contributed by atoms with E-state index in [2.05, 4.69) is 30.3 Å². The summed E-state index contributed by atoms with van der Waals surface area (Å²) in [5.74, 6) is 1.78. The van der Waals surface area contributed by atoms with Crippen molar-refractivity contribution in [3.63, 3.8) is 0 Å². The molecule has 0 aromatic carbocycles. The highest BCUT2D eigenvalue weighted by atomic mass is 16.1. The van der Waals surface area contributed by atoms with Gasteiger partial charge >= 0.3 is 0 Å². The number of nitrogens with one attached hydrogen (secondary N) is 1. The number of nitrogens with zero attached hydrogens (tertiary/aromatic N) is 2. The average molecular weight is 301 g/mol. The Kier molecular flexibility index (Phi) is 4.11. The quantitative estimate of drug-likeness (QED) is 0.821. The van der Waals surface area contributed by atoms with E-state index in [1.807, 2.05) is 19.4 Å². The number of allylic oxidation sites excluding steroid dienone is 1. The van der Waals surface area contributed by atoms with Gasteiger partial charge in [-0.3, -0.25) is 9.48 Å². The number of hydrogen-bond acceptors (Lipinski definition) is 2. The lowest BCUT2D eigenvalue weighted by Crippen LogP contribution is -2.48. The number of amides is 1. The normalized spacial score (nSPS) is 25.3. The Labute approximate surface area is 133 Å². The maximum atomic E-state index is 11.9. The van der Waals surface area contributed by atoms with Gasteiger partial charge in [-0.25, -0.2) is 0 Å². The van der Waals surface area contributed by atoms with E-state index in [1.54, 1.807) is 10.3 Å². The van der Waals surface area contributed by atoms with Gasteiger partial charge in [0.25, 0.3) is 0 Å². The molecule has 1 aromatic heterocycles. The summed E-state index contributed by atoms with van der Waals surface area (Å²) in [6, 6.07) is 0. The third kappa shape index (κ3) is 2.96. The first-order valence-corrected chi connectivity index (χ1v) is 8.40. The van der Waals surface area contributed by atoms with Crippen LogP contribution in [-0.2, 0) is 18.3 Å². The molecule has 3 aliphatic carbocycles. The second-order valence-electron chi connectivity index (χ2n) is 7.44. The van der Waals surface area contributed by atoms with Crippen molar-refractivity contribution in [3.8, 4) is 0 Å². The zero-order chi connectivity index (χ0) is 15.7. The van der Waals surface area contributed by atoms with Crippen molar-refractivity contribution in [3.05, 3.63) is 29.6 Å². The molecule has 1 aromatic rings. The Morgan fingerprint density at radius 3 is 2.91 bits per heavy atom. The molecule has 1 N–H and O–H groups in total. The van der Waals surface area contributed by atoms with Gasteiger partial charge in [-0.2, -0.15) is 5.10 Å². The maximum absolute atomic E-state index is 11.9. The summed E-state index contributed by atoms with van der Waals surface area (Å²) in [6.07, 6.45) is 11.1. The van der Waals surface area contributed by atoms with Crippen LogP contribution in [0.2, 0.25) is 0 Å². The van der Waals surface area contributed by atoms with E-state index < -0.39 is 0 Å². The van der Waals surface area contributed by atoms with Crippen LogP contribution in [0, 0.1) is 17.3 Å². The van der Waals surface area contributed by atoms with E-state index in [1.165, 1.54) is 12.8 Å². The number of carbonyl (C=O) groups excluding carboxylic acids is 1. The molecule has 3 aliphatic rings. The second kappa shape index (κ2) is 5.90. The Morgan fingerprint density at radius 1 is 1.45 bits per heavy atom. The summed E-state index contributed by atoms with van der Waals surface area (Å²) in [4.78, 5) is 11.9. The number of carbonyl (C=O) groups is 1.